The molecule has 1 fully saturated rings. The van der Waals surface area contributed by atoms with E-state index in [9.17, 15) is 23.8 Å². The van der Waals surface area contributed by atoms with Gasteiger partial charge in [0.25, 0.3) is 0 Å². The van der Waals surface area contributed by atoms with E-state index in [1.165, 1.54) is 12.1 Å². The molecular formula is C22H22F2O4. The maximum Gasteiger partial charge on any atom is 0.314 e. The summed E-state index contributed by atoms with van der Waals surface area (Å²) in [5, 5.41) is 20.5. The summed E-state index contributed by atoms with van der Waals surface area (Å²) in [6.45, 7) is 0.175. The van der Waals surface area contributed by atoms with Gasteiger partial charge in [-0.15, -0.1) is 0 Å². The van der Waals surface area contributed by atoms with Gasteiger partial charge in [-0.1, -0.05) is 31.0 Å². The zero-order valence-corrected chi connectivity index (χ0v) is 15.3. The van der Waals surface area contributed by atoms with Crippen LogP contribution in [0.4, 0.5) is 8.78 Å². The number of aliphatic hydroxyl groups is 1. The summed E-state index contributed by atoms with van der Waals surface area (Å²) in [7, 11) is 0. The number of carbonyl (C=O) groups is 1. The molecule has 0 aromatic heterocycles. The van der Waals surface area contributed by atoms with Crippen molar-refractivity contribution in [2.45, 2.75) is 43.6 Å². The normalized spacial score (nSPS) is 23.1. The topological polar surface area (TPSA) is 66.8 Å². The predicted molar refractivity (Wildman–Crippen MR) is 98.2 cm³/mol. The van der Waals surface area contributed by atoms with E-state index in [0.717, 1.165) is 18.9 Å². The van der Waals surface area contributed by atoms with Gasteiger partial charge in [-0.25, -0.2) is 8.78 Å². The van der Waals surface area contributed by atoms with Crippen LogP contribution >= 0.6 is 0 Å². The van der Waals surface area contributed by atoms with Gasteiger partial charge in [0, 0.05) is 17.5 Å². The molecule has 6 heteroatoms. The summed E-state index contributed by atoms with van der Waals surface area (Å²) in [5.74, 6) is -2.01. The Kier molecular flexibility index (Phi) is 4.83. The fraction of sp³-hybridized carbons (Fsp3) is 0.409. The van der Waals surface area contributed by atoms with Gasteiger partial charge in [0.1, 0.15) is 17.4 Å². The molecule has 0 spiro atoms. The summed E-state index contributed by atoms with van der Waals surface area (Å²) in [6, 6.07) is 8.61. The third-order valence-electron chi connectivity index (χ3n) is 6.15. The van der Waals surface area contributed by atoms with Crippen molar-refractivity contribution in [3.63, 3.8) is 0 Å². The zero-order valence-electron chi connectivity index (χ0n) is 15.3. The largest absolute Gasteiger partial charge is 0.493 e. The van der Waals surface area contributed by atoms with Crippen LogP contribution in [0.15, 0.2) is 36.4 Å². The van der Waals surface area contributed by atoms with Gasteiger partial charge < -0.3 is 14.9 Å². The Hall–Kier alpha value is -2.47. The minimum absolute atomic E-state index is 0.175. The monoisotopic (exact) mass is 388 g/mol. The van der Waals surface area contributed by atoms with Crippen molar-refractivity contribution in [1.29, 1.82) is 0 Å². The summed E-state index contributed by atoms with van der Waals surface area (Å²) < 4.78 is 32.9. The number of ether oxygens (including phenoxy) is 1. The van der Waals surface area contributed by atoms with Crippen LogP contribution in [0.5, 0.6) is 5.75 Å². The average Bonchev–Trinajstić information content (AvgIpc) is 3.17. The second-order valence-electron chi connectivity index (χ2n) is 7.80. The Bertz CT molecular complexity index is 905. The molecule has 28 heavy (non-hydrogen) atoms. The molecule has 0 radical (unpaired) electrons. The van der Waals surface area contributed by atoms with E-state index in [0.29, 0.717) is 35.3 Å². The fourth-order valence-corrected chi connectivity index (χ4v) is 4.49. The van der Waals surface area contributed by atoms with Gasteiger partial charge in [0.15, 0.2) is 0 Å². The zero-order chi connectivity index (χ0) is 19.9. The van der Waals surface area contributed by atoms with Crippen LogP contribution in [0.25, 0.3) is 0 Å². The van der Waals surface area contributed by atoms with Crippen LogP contribution in [0.3, 0.4) is 0 Å². The highest BCUT2D eigenvalue weighted by Gasteiger charge is 2.43. The quantitative estimate of drug-likeness (QED) is 0.826. The van der Waals surface area contributed by atoms with Crippen molar-refractivity contribution in [3.8, 4) is 5.75 Å². The van der Waals surface area contributed by atoms with E-state index in [1.54, 1.807) is 18.2 Å². The molecule has 148 valence electrons. The summed E-state index contributed by atoms with van der Waals surface area (Å²) >= 11 is 0. The Morgan fingerprint density at radius 2 is 1.89 bits per heavy atom. The van der Waals surface area contributed by atoms with Gasteiger partial charge >= 0.3 is 5.97 Å². The van der Waals surface area contributed by atoms with Gasteiger partial charge in [-0.2, -0.15) is 0 Å². The number of rotatable bonds is 4. The maximum atomic E-state index is 14.0. The number of fused-ring (bicyclic) bond motifs is 1. The highest BCUT2D eigenvalue weighted by atomic mass is 19.1. The van der Waals surface area contributed by atoms with E-state index in [2.05, 4.69) is 0 Å². The second kappa shape index (κ2) is 7.17. The standard InChI is InChI=1S/C22H22F2O4/c23-16-5-3-13(18(24)11-16)9-14-12-28-19-10-15(4-6-17(19)20(14)25)22(21(26)27)7-1-2-8-22/h3-6,10-11,14,20,25H,1-2,7-9,12H2,(H,26,27)/t14-,20+/m0/s1. The molecule has 1 heterocycles. The molecule has 1 aliphatic carbocycles. The van der Waals surface area contributed by atoms with Crippen molar-refractivity contribution in [1.82, 2.24) is 0 Å². The lowest BCUT2D eigenvalue weighted by Gasteiger charge is -2.32. The van der Waals surface area contributed by atoms with Crippen LogP contribution in [-0.4, -0.2) is 22.8 Å². The molecule has 1 aliphatic heterocycles. The second-order valence-corrected chi connectivity index (χ2v) is 7.80. The highest BCUT2D eigenvalue weighted by Crippen LogP contribution is 2.45. The molecule has 4 nitrogen and oxygen atoms in total. The highest BCUT2D eigenvalue weighted by molar-refractivity contribution is 5.82. The van der Waals surface area contributed by atoms with Crippen molar-refractivity contribution < 1.29 is 28.5 Å². The van der Waals surface area contributed by atoms with Crippen LogP contribution in [0, 0.1) is 17.6 Å². The molecule has 2 aliphatic rings. The van der Waals surface area contributed by atoms with Crippen molar-refractivity contribution >= 4 is 5.97 Å². The van der Waals surface area contributed by atoms with E-state index in [4.69, 9.17) is 4.74 Å². The fourth-order valence-electron chi connectivity index (χ4n) is 4.49. The lowest BCUT2D eigenvalue weighted by molar-refractivity contribution is -0.143. The van der Waals surface area contributed by atoms with Crippen LogP contribution in [-0.2, 0) is 16.6 Å². The first-order valence-corrected chi connectivity index (χ1v) is 9.53. The minimum Gasteiger partial charge on any atom is -0.493 e. The molecule has 2 aromatic carbocycles. The van der Waals surface area contributed by atoms with Crippen LogP contribution in [0.2, 0.25) is 0 Å². The van der Waals surface area contributed by atoms with Gasteiger partial charge in [0.2, 0.25) is 0 Å². The van der Waals surface area contributed by atoms with E-state index < -0.39 is 29.1 Å². The van der Waals surface area contributed by atoms with Gasteiger partial charge in [-0.3, -0.25) is 4.79 Å². The molecule has 4 rings (SSSR count). The van der Waals surface area contributed by atoms with Crippen molar-refractivity contribution in [3.05, 3.63) is 64.7 Å². The first-order chi connectivity index (χ1) is 13.4. The number of aliphatic hydroxyl groups excluding tert-OH is 1. The number of hydrogen-bond donors (Lipinski definition) is 2. The third kappa shape index (κ3) is 3.15. The van der Waals surface area contributed by atoms with E-state index >= 15 is 0 Å². The number of benzene rings is 2. The molecule has 1 saturated carbocycles. The molecule has 0 bridgehead atoms. The number of carboxylic acid groups (broad SMARTS) is 1. The molecule has 0 saturated heterocycles. The average molecular weight is 388 g/mol. The number of carboxylic acids is 1. The van der Waals surface area contributed by atoms with E-state index in [-0.39, 0.29) is 18.9 Å². The predicted octanol–water partition coefficient (Wildman–Crippen LogP) is 4.15. The van der Waals surface area contributed by atoms with Gasteiger partial charge in [0.05, 0.1) is 18.1 Å². The van der Waals surface area contributed by atoms with Crippen LogP contribution < -0.4 is 4.74 Å². The first kappa shape index (κ1) is 18.9. The van der Waals surface area contributed by atoms with Crippen molar-refractivity contribution in [2.24, 2.45) is 5.92 Å². The Morgan fingerprint density at radius 3 is 2.57 bits per heavy atom. The lowest BCUT2D eigenvalue weighted by Crippen LogP contribution is -2.33. The maximum absolute atomic E-state index is 14.0. The molecular weight excluding hydrogens is 366 g/mol. The molecule has 2 N–H and O–H groups in total. The Balaban J connectivity index is 1.59. The molecule has 0 amide bonds. The lowest BCUT2D eigenvalue weighted by atomic mass is 9.77. The molecule has 0 unspecified atom stereocenters. The minimum atomic E-state index is -0.891. The summed E-state index contributed by atoms with van der Waals surface area (Å²) in [4.78, 5) is 11.9. The number of aliphatic carboxylic acids is 1. The first-order valence-electron chi connectivity index (χ1n) is 9.53. The summed E-state index contributed by atoms with van der Waals surface area (Å²) in [5.41, 5.74) is 0.703. The van der Waals surface area contributed by atoms with Crippen molar-refractivity contribution in [2.75, 3.05) is 6.61 Å². The van der Waals surface area contributed by atoms with Gasteiger partial charge in [-0.05, 0) is 42.5 Å². The summed E-state index contributed by atoms with van der Waals surface area (Å²) in [6.07, 6.45) is 2.28. The molecule has 2 aromatic rings. The number of hydrogen-bond acceptors (Lipinski definition) is 3. The third-order valence-corrected chi connectivity index (χ3v) is 6.15. The smallest absolute Gasteiger partial charge is 0.314 e. The molecule has 2 atom stereocenters. The van der Waals surface area contributed by atoms with E-state index in [1.807, 2.05) is 0 Å². The van der Waals surface area contributed by atoms with Crippen LogP contribution in [0.1, 0.15) is 48.5 Å². The Morgan fingerprint density at radius 1 is 1.14 bits per heavy atom. The SMILES string of the molecule is O=C(O)C1(c2ccc3c(c2)OC[C@H](Cc2ccc(F)cc2F)[C@H]3O)CCCC1. The Labute approximate surface area is 161 Å². The number of halogens is 2.